The van der Waals surface area contributed by atoms with Crippen LogP contribution in [0.5, 0.6) is 0 Å². The van der Waals surface area contributed by atoms with Gasteiger partial charge in [-0.1, -0.05) is 13.0 Å². The summed E-state index contributed by atoms with van der Waals surface area (Å²) in [5, 5.41) is 0. The third-order valence-electron chi connectivity index (χ3n) is 3.80. The summed E-state index contributed by atoms with van der Waals surface area (Å²) in [5.74, 6) is 0.269. The van der Waals surface area contributed by atoms with Crippen molar-refractivity contribution in [1.29, 1.82) is 0 Å². The monoisotopic (exact) mass is 325 g/mol. The van der Waals surface area contributed by atoms with E-state index in [-0.39, 0.29) is 6.04 Å². The molecule has 4 nitrogen and oxygen atoms in total. The van der Waals surface area contributed by atoms with Gasteiger partial charge in [0.25, 0.3) is 5.91 Å². The maximum absolute atomic E-state index is 11.7. The zero-order valence-electron chi connectivity index (χ0n) is 11.1. The average Bonchev–Trinajstić information content (AvgIpc) is 2.37. The van der Waals surface area contributed by atoms with Crippen LogP contribution in [0.4, 0.5) is 5.69 Å². The molecule has 4 N–H and O–H groups in total. The number of nitrogens with two attached hydrogens (primary N) is 2. The van der Waals surface area contributed by atoms with Gasteiger partial charge in [-0.05, 0) is 46.8 Å². The molecule has 1 aromatic carbocycles. The van der Waals surface area contributed by atoms with E-state index >= 15 is 0 Å². The minimum Gasteiger partial charge on any atom is -0.367 e. The summed E-state index contributed by atoms with van der Waals surface area (Å²) < 4.78 is 0.742. The lowest BCUT2D eigenvalue weighted by molar-refractivity contribution is 0.1000. The average molecular weight is 326 g/mol. The number of rotatable bonds is 3. The first-order valence-corrected chi connectivity index (χ1v) is 7.39. The van der Waals surface area contributed by atoms with E-state index in [0.717, 1.165) is 29.5 Å². The Hall–Kier alpha value is -1.07. The van der Waals surface area contributed by atoms with Crippen molar-refractivity contribution in [3.8, 4) is 0 Å². The van der Waals surface area contributed by atoms with Crippen LogP contribution in [0.1, 0.15) is 30.1 Å². The molecule has 0 bridgehead atoms. The molecule has 1 heterocycles. The van der Waals surface area contributed by atoms with E-state index in [1.165, 1.54) is 0 Å². The van der Waals surface area contributed by atoms with Crippen LogP contribution in [0.2, 0.25) is 0 Å². The van der Waals surface area contributed by atoms with Crippen LogP contribution < -0.4 is 16.4 Å². The summed E-state index contributed by atoms with van der Waals surface area (Å²) in [6, 6.07) is 5.99. The Labute approximate surface area is 122 Å². The number of hydrogen-bond acceptors (Lipinski definition) is 3. The van der Waals surface area contributed by atoms with Gasteiger partial charge in [-0.2, -0.15) is 0 Å². The summed E-state index contributed by atoms with van der Waals surface area (Å²) in [4.78, 5) is 13.9. The number of hydrogen-bond donors (Lipinski definition) is 2. The van der Waals surface area contributed by atoms with E-state index in [1.807, 2.05) is 18.2 Å². The van der Waals surface area contributed by atoms with Gasteiger partial charge < -0.3 is 16.4 Å². The molecule has 0 saturated carbocycles. The van der Waals surface area contributed by atoms with E-state index in [0.29, 0.717) is 18.0 Å². The third-order valence-corrected chi connectivity index (χ3v) is 4.46. The minimum absolute atomic E-state index is 0.274. The Bertz CT molecular complexity index is 478. The molecular formula is C14H20BrN3O. The van der Waals surface area contributed by atoms with Crippen molar-refractivity contribution in [2.75, 3.05) is 18.0 Å². The van der Waals surface area contributed by atoms with Gasteiger partial charge in [0.05, 0.1) is 11.3 Å². The Balaban J connectivity index is 2.40. The molecule has 1 aromatic rings. The lowest BCUT2D eigenvalue weighted by Gasteiger charge is -2.40. The molecule has 0 radical (unpaired) electrons. The van der Waals surface area contributed by atoms with Crippen LogP contribution in [0, 0.1) is 5.92 Å². The number of benzene rings is 1. The number of nitrogens with zero attached hydrogens (tertiary/aromatic N) is 1. The van der Waals surface area contributed by atoms with Crippen LogP contribution in [0.3, 0.4) is 0 Å². The van der Waals surface area contributed by atoms with Crippen molar-refractivity contribution in [2.45, 2.75) is 25.8 Å². The molecule has 1 aliphatic heterocycles. The summed E-state index contributed by atoms with van der Waals surface area (Å²) in [6.07, 6.45) is 2.17. The van der Waals surface area contributed by atoms with Crippen LogP contribution in [-0.2, 0) is 0 Å². The Morgan fingerprint density at radius 2 is 2.26 bits per heavy atom. The molecule has 0 aromatic heterocycles. The second-order valence-corrected chi connectivity index (χ2v) is 6.07. The predicted octanol–water partition coefficient (Wildman–Crippen LogP) is 2.11. The Morgan fingerprint density at radius 3 is 2.89 bits per heavy atom. The summed E-state index contributed by atoms with van der Waals surface area (Å²) >= 11 is 3.41. The molecule has 1 saturated heterocycles. The minimum atomic E-state index is -0.406. The third kappa shape index (κ3) is 2.92. The number of anilines is 1. The lowest BCUT2D eigenvalue weighted by atomic mass is 9.91. The quantitative estimate of drug-likeness (QED) is 0.894. The molecule has 0 aliphatic carbocycles. The maximum atomic E-state index is 11.7. The number of halogens is 1. The summed E-state index contributed by atoms with van der Waals surface area (Å²) in [7, 11) is 0. The van der Waals surface area contributed by atoms with E-state index in [4.69, 9.17) is 11.5 Å². The highest BCUT2D eigenvalue weighted by Crippen LogP contribution is 2.33. The number of carbonyl (C=O) groups excluding carboxylic acids is 1. The summed E-state index contributed by atoms with van der Waals surface area (Å²) in [6.45, 7) is 3.75. The fourth-order valence-corrected chi connectivity index (χ4v) is 3.34. The normalized spacial score (nSPS) is 23.4. The predicted molar refractivity (Wildman–Crippen MR) is 81.2 cm³/mol. The highest BCUT2D eigenvalue weighted by Gasteiger charge is 2.28. The summed E-state index contributed by atoms with van der Waals surface area (Å²) in [5.41, 5.74) is 12.8. The van der Waals surface area contributed by atoms with Crippen LogP contribution in [0.15, 0.2) is 22.7 Å². The second-order valence-electron chi connectivity index (χ2n) is 5.21. The van der Waals surface area contributed by atoms with Gasteiger partial charge in [0.15, 0.2) is 0 Å². The van der Waals surface area contributed by atoms with E-state index in [2.05, 4.69) is 27.8 Å². The first-order chi connectivity index (χ1) is 9.04. The molecule has 104 valence electrons. The molecule has 5 heteroatoms. The molecular weight excluding hydrogens is 306 g/mol. The van der Waals surface area contributed by atoms with Crippen LogP contribution >= 0.6 is 15.9 Å². The van der Waals surface area contributed by atoms with Crippen molar-refractivity contribution in [3.05, 3.63) is 28.2 Å². The highest BCUT2D eigenvalue weighted by atomic mass is 79.9. The molecule has 19 heavy (non-hydrogen) atoms. The van der Waals surface area contributed by atoms with E-state index in [1.54, 1.807) is 0 Å². The fourth-order valence-electron chi connectivity index (χ4n) is 2.79. The fraction of sp³-hybridized carbons (Fsp3) is 0.500. The van der Waals surface area contributed by atoms with Crippen molar-refractivity contribution < 1.29 is 4.79 Å². The lowest BCUT2D eigenvalue weighted by Crippen LogP contribution is -2.47. The van der Waals surface area contributed by atoms with Crippen molar-refractivity contribution >= 4 is 27.5 Å². The second kappa shape index (κ2) is 5.92. The molecule has 1 aliphatic rings. The number of primary amides is 1. The number of piperidine rings is 1. The SMILES string of the molecule is CC1CCN(c2cccc(Br)c2C(N)=O)C(CN)C1. The largest absolute Gasteiger partial charge is 0.367 e. The smallest absolute Gasteiger partial charge is 0.251 e. The first kappa shape index (κ1) is 14.3. The zero-order valence-corrected chi connectivity index (χ0v) is 12.7. The van der Waals surface area contributed by atoms with Crippen LogP contribution in [-0.4, -0.2) is 25.0 Å². The molecule has 2 rings (SSSR count). The van der Waals surface area contributed by atoms with Crippen molar-refractivity contribution in [1.82, 2.24) is 0 Å². The molecule has 1 fully saturated rings. The van der Waals surface area contributed by atoms with Gasteiger partial charge in [-0.25, -0.2) is 0 Å². The standard InChI is InChI=1S/C14H20BrN3O/c1-9-5-6-18(10(7-9)8-16)12-4-2-3-11(15)13(12)14(17)19/h2-4,9-10H,5-8,16H2,1H3,(H2,17,19). The number of carbonyl (C=O) groups is 1. The van der Waals surface area contributed by atoms with E-state index in [9.17, 15) is 4.79 Å². The van der Waals surface area contributed by atoms with Crippen molar-refractivity contribution in [2.24, 2.45) is 17.4 Å². The Morgan fingerprint density at radius 1 is 1.53 bits per heavy atom. The zero-order chi connectivity index (χ0) is 14.0. The van der Waals surface area contributed by atoms with Crippen LogP contribution in [0.25, 0.3) is 0 Å². The topological polar surface area (TPSA) is 72.3 Å². The van der Waals surface area contributed by atoms with Gasteiger partial charge in [0.1, 0.15) is 0 Å². The molecule has 2 unspecified atom stereocenters. The first-order valence-electron chi connectivity index (χ1n) is 6.59. The Kier molecular flexibility index (Phi) is 4.47. The van der Waals surface area contributed by atoms with Gasteiger partial charge in [0.2, 0.25) is 0 Å². The van der Waals surface area contributed by atoms with Gasteiger partial charge >= 0.3 is 0 Å². The van der Waals surface area contributed by atoms with Crippen molar-refractivity contribution in [3.63, 3.8) is 0 Å². The van der Waals surface area contributed by atoms with E-state index < -0.39 is 5.91 Å². The molecule has 1 amide bonds. The molecule has 2 atom stereocenters. The molecule has 0 spiro atoms. The van der Waals surface area contributed by atoms with Gasteiger partial charge in [0, 0.05) is 23.6 Å². The van der Waals surface area contributed by atoms with Gasteiger partial charge in [-0.15, -0.1) is 0 Å². The maximum Gasteiger partial charge on any atom is 0.251 e. The number of amides is 1. The highest BCUT2D eigenvalue weighted by molar-refractivity contribution is 9.10. The van der Waals surface area contributed by atoms with Gasteiger partial charge in [-0.3, -0.25) is 4.79 Å².